The third-order valence-electron chi connectivity index (χ3n) is 7.00. The summed E-state index contributed by atoms with van der Waals surface area (Å²) in [6.07, 6.45) is 5.41. The maximum Gasteiger partial charge on any atom is 0.294 e. The van der Waals surface area contributed by atoms with Crippen molar-refractivity contribution < 1.29 is 19.2 Å². The zero-order valence-electron chi connectivity index (χ0n) is 19.8. The molecule has 3 aliphatic heterocycles. The predicted molar refractivity (Wildman–Crippen MR) is 136 cm³/mol. The summed E-state index contributed by atoms with van der Waals surface area (Å²) in [6.45, 7) is 1.89. The fourth-order valence-corrected chi connectivity index (χ4v) is 5.67. The molecule has 3 aliphatic rings. The number of rotatable bonds is 6. The van der Waals surface area contributed by atoms with E-state index in [1.54, 1.807) is 35.2 Å². The highest BCUT2D eigenvalue weighted by atomic mass is 79.9. The van der Waals surface area contributed by atoms with Crippen LogP contribution >= 0.6 is 15.9 Å². The molecule has 12 heteroatoms. The van der Waals surface area contributed by atoms with Gasteiger partial charge in [0.25, 0.3) is 17.5 Å². The number of carbonyl (C=O) groups excluding carboxylic acids is 2. The first-order valence-corrected chi connectivity index (χ1v) is 12.7. The van der Waals surface area contributed by atoms with Gasteiger partial charge in [-0.2, -0.15) is 0 Å². The lowest BCUT2D eigenvalue weighted by molar-refractivity contribution is -0.384. The lowest BCUT2D eigenvalue weighted by Gasteiger charge is -2.34. The third-order valence-corrected chi connectivity index (χ3v) is 7.46. The van der Waals surface area contributed by atoms with E-state index < -0.39 is 4.92 Å². The molecule has 1 aromatic carbocycles. The minimum atomic E-state index is -0.482. The molecule has 3 saturated heterocycles. The number of fused-ring (bicyclic) bond motifs is 2. The molecular formula is C24H27BrN6O5. The lowest BCUT2D eigenvalue weighted by atomic mass is 10.0. The Morgan fingerprint density at radius 2 is 2.06 bits per heavy atom. The van der Waals surface area contributed by atoms with Crippen molar-refractivity contribution >= 4 is 44.8 Å². The highest BCUT2D eigenvalue weighted by Crippen LogP contribution is 2.37. The maximum absolute atomic E-state index is 13.6. The van der Waals surface area contributed by atoms with E-state index in [0.717, 1.165) is 18.5 Å². The van der Waals surface area contributed by atoms with E-state index in [9.17, 15) is 19.7 Å². The molecule has 0 saturated carbocycles. The number of nitro groups is 1. The van der Waals surface area contributed by atoms with E-state index in [4.69, 9.17) is 4.74 Å². The van der Waals surface area contributed by atoms with Gasteiger partial charge >= 0.3 is 0 Å². The Hall–Kier alpha value is -3.25. The number of likely N-dealkylation sites (tertiary alicyclic amines) is 2. The summed E-state index contributed by atoms with van der Waals surface area (Å²) < 4.78 is 6.08. The average Bonchev–Trinajstić information content (AvgIpc) is 3.53. The first kappa shape index (κ1) is 24.4. The summed E-state index contributed by atoms with van der Waals surface area (Å²) in [5.41, 5.74) is 1.47. The van der Waals surface area contributed by atoms with Gasteiger partial charge in [0.05, 0.1) is 40.5 Å². The molecular weight excluding hydrogens is 532 g/mol. The topological polar surface area (TPSA) is 130 Å². The summed E-state index contributed by atoms with van der Waals surface area (Å²) in [5, 5.41) is 18.2. The van der Waals surface area contributed by atoms with Crippen molar-refractivity contribution in [2.75, 3.05) is 43.9 Å². The lowest BCUT2D eigenvalue weighted by Crippen LogP contribution is -2.46. The number of amides is 2. The van der Waals surface area contributed by atoms with Crippen molar-refractivity contribution in [3.8, 4) is 0 Å². The highest BCUT2D eigenvalue weighted by molar-refractivity contribution is 9.10. The SMILES string of the molecule is CNc1cncc(C(=O)N2CCC[C@@H](Nc3c(C(=O)N4C[C@@H]5C[C@H]4CO5)cc(Br)cc3[N+](=O)[O-])C2)c1. The standard InChI is InChI=1S/C24H27BrN6O5/c1-26-17-5-14(9-27-10-17)23(32)29-4-2-3-16(11-29)28-22-20(6-15(25)7-21(22)31(34)35)24(33)30-12-19-8-18(30)13-36-19/h5-7,9-10,16,18-19,26,28H,2-4,8,11-13H2,1H3/t16-,18+,19+/m1/s1. The average molecular weight is 559 g/mol. The van der Waals surface area contributed by atoms with E-state index in [2.05, 4.69) is 31.5 Å². The van der Waals surface area contributed by atoms with Crippen LogP contribution in [0.3, 0.4) is 0 Å². The quantitative estimate of drug-likeness (QED) is 0.408. The molecule has 0 unspecified atom stereocenters. The highest BCUT2D eigenvalue weighted by Gasteiger charge is 2.43. The molecule has 2 aromatic rings. The van der Waals surface area contributed by atoms with Crippen molar-refractivity contribution in [1.29, 1.82) is 0 Å². The van der Waals surface area contributed by atoms with Gasteiger partial charge in [-0.25, -0.2) is 0 Å². The molecule has 5 rings (SSSR count). The number of ether oxygens (including phenoxy) is 1. The van der Waals surface area contributed by atoms with Gasteiger partial charge < -0.3 is 25.2 Å². The molecule has 0 aliphatic carbocycles. The van der Waals surface area contributed by atoms with Gasteiger partial charge in [-0.3, -0.25) is 24.7 Å². The second kappa shape index (κ2) is 10.0. The van der Waals surface area contributed by atoms with E-state index in [-0.39, 0.29) is 46.9 Å². The Morgan fingerprint density at radius 1 is 1.22 bits per heavy atom. The zero-order valence-corrected chi connectivity index (χ0v) is 21.4. The van der Waals surface area contributed by atoms with E-state index in [1.165, 1.54) is 12.3 Å². The van der Waals surface area contributed by atoms with Crippen LogP contribution in [0.5, 0.6) is 0 Å². The van der Waals surface area contributed by atoms with Crippen LogP contribution in [0.25, 0.3) is 0 Å². The summed E-state index contributed by atoms with van der Waals surface area (Å²) in [6, 6.07) is 4.51. The van der Waals surface area contributed by atoms with Crippen molar-refractivity contribution in [3.63, 3.8) is 0 Å². The van der Waals surface area contributed by atoms with Crippen LogP contribution in [0.4, 0.5) is 17.1 Å². The largest absolute Gasteiger partial charge is 0.387 e. The number of morpholine rings is 1. The first-order chi connectivity index (χ1) is 17.3. The fourth-order valence-electron chi connectivity index (χ4n) is 5.22. The second-order valence-corrected chi connectivity index (χ2v) is 10.3. The number of hydrogen-bond donors (Lipinski definition) is 2. The summed E-state index contributed by atoms with van der Waals surface area (Å²) in [7, 11) is 1.76. The van der Waals surface area contributed by atoms with Crippen molar-refractivity contribution in [2.45, 2.75) is 37.5 Å². The Labute approximate surface area is 216 Å². The third kappa shape index (κ3) is 4.74. The normalized spacial score (nSPS) is 23.0. The number of aromatic nitrogens is 1. The van der Waals surface area contributed by atoms with Gasteiger partial charge in [0.2, 0.25) is 0 Å². The van der Waals surface area contributed by atoms with Gasteiger partial charge in [0, 0.05) is 55.7 Å². The number of nitrogens with one attached hydrogen (secondary N) is 2. The van der Waals surface area contributed by atoms with Gasteiger partial charge in [-0.05, 0) is 31.4 Å². The van der Waals surface area contributed by atoms with Crippen LogP contribution in [-0.2, 0) is 4.74 Å². The summed E-state index contributed by atoms with van der Waals surface area (Å²) >= 11 is 3.33. The van der Waals surface area contributed by atoms with Crippen LogP contribution in [0.15, 0.2) is 35.1 Å². The summed E-state index contributed by atoms with van der Waals surface area (Å²) in [4.78, 5) is 45.8. The van der Waals surface area contributed by atoms with E-state index >= 15 is 0 Å². The van der Waals surface area contributed by atoms with Crippen molar-refractivity contribution in [3.05, 3.63) is 56.3 Å². The number of benzene rings is 1. The van der Waals surface area contributed by atoms with Crippen molar-refractivity contribution in [2.24, 2.45) is 0 Å². The van der Waals surface area contributed by atoms with Crippen LogP contribution in [0.2, 0.25) is 0 Å². The Balaban J connectivity index is 1.40. The minimum absolute atomic E-state index is 0.0156. The molecule has 4 heterocycles. The van der Waals surface area contributed by atoms with Gasteiger partial charge in [0.15, 0.2) is 0 Å². The molecule has 2 amide bonds. The zero-order chi connectivity index (χ0) is 25.4. The fraction of sp³-hybridized carbons (Fsp3) is 0.458. The van der Waals surface area contributed by atoms with E-state index in [1.807, 2.05) is 0 Å². The molecule has 0 radical (unpaired) electrons. The molecule has 2 bridgehead atoms. The number of halogens is 1. The molecule has 2 N–H and O–H groups in total. The Bertz CT molecular complexity index is 1210. The number of anilines is 2. The smallest absolute Gasteiger partial charge is 0.294 e. The molecule has 36 heavy (non-hydrogen) atoms. The number of nitrogens with zero attached hydrogens (tertiary/aromatic N) is 4. The van der Waals surface area contributed by atoms with Crippen molar-refractivity contribution in [1.82, 2.24) is 14.8 Å². The molecule has 11 nitrogen and oxygen atoms in total. The van der Waals surface area contributed by atoms with Crippen LogP contribution in [0, 0.1) is 10.1 Å². The van der Waals surface area contributed by atoms with E-state index in [0.29, 0.717) is 42.7 Å². The number of pyridine rings is 1. The predicted octanol–water partition coefficient (Wildman–Crippen LogP) is 3.12. The van der Waals surface area contributed by atoms with Gasteiger partial charge in [-0.1, -0.05) is 15.9 Å². The number of piperidine rings is 1. The Morgan fingerprint density at radius 3 is 2.75 bits per heavy atom. The minimum Gasteiger partial charge on any atom is -0.387 e. The molecule has 3 fully saturated rings. The monoisotopic (exact) mass is 558 g/mol. The molecule has 1 aromatic heterocycles. The molecule has 3 atom stereocenters. The van der Waals surface area contributed by atoms with Gasteiger partial charge in [-0.15, -0.1) is 0 Å². The Kier molecular flexibility index (Phi) is 6.80. The van der Waals surface area contributed by atoms with Gasteiger partial charge in [0.1, 0.15) is 5.69 Å². The van der Waals surface area contributed by atoms with Crippen LogP contribution in [-0.4, -0.2) is 83.0 Å². The molecule has 0 spiro atoms. The van der Waals surface area contributed by atoms with Crippen LogP contribution in [0.1, 0.15) is 40.0 Å². The summed E-state index contributed by atoms with van der Waals surface area (Å²) in [5.74, 6) is -0.405. The number of hydrogen-bond acceptors (Lipinski definition) is 8. The maximum atomic E-state index is 13.6. The number of carbonyl (C=O) groups is 2. The first-order valence-electron chi connectivity index (χ1n) is 11.9. The number of nitro benzene ring substituents is 1. The van der Waals surface area contributed by atoms with Crippen LogP contribution < -0.4 is 10.6 Å². The second-order valence-electron chi connectivity index (χ2n) is 9.35. The molecule has 190 valence electrons.